The molecule has 0 radical (unpaired) electrons. The lowest BCUT2D eigenvalue weighted by atomic mass is 9.80. The lowest BCUT2D eigenvalue weighted by Crippen LogP contribution is -2.64. The number of hydrogen-bond acceptors (Lipinski definition) is 15. The highest BCUT2D eigenvalue weighted by Crippen LogP contribution is 2.41. The average Bonchev–Trinajstić information content (AvgIpc) is 4.09. The first-order chi connectivity index (χ1) is 40.2. The predicted octanol–water partition coefficient (Wildman–Crippen LogP) is 11.6. The van der Waals surface area contributed by atoms with Crippen molar-refractivity contribution in [1.29, 1.82) is 0 Å². The van der Waals surface area contributed by atoms with Gasteiger partial charge in [0.1, 0.15) is 55.6 Å². The number of ether oxygens (including phenoxy) is 10. The van der Waals surface area contributed by atoms with E-state index in [1.165, 1.54) is 13.8 Å². The molecule has 2 aliphatic heterocycles. The maximum atomic E-state index is 12.8. The Morgan fingerprint density at radius 3 is 1.22 bits per heavy atom. The Morgan fingerprint density at radius 2 is 0.793 bits per heavy atom. The summed E-state index contributed by atoms with van der Waals surface area (Å²) in [6.45, 7) is 5.16. The molecular formula is C67H68N2O13. The summed E-state index contributed by atoms with van der Waals surface area (Å²) in [6.07, 6.45) is -7.49. The maximum Gasteiger partial charge on any atom is 0.302 e. The van der Waals surface area contributed by atoms with Crippen molar-refractivity contribution in [2.75, 3.05) is 13.2 Å². The molecule has 15 nitrogen and oxygen atoms in total. The summed E-state index contributed by atoms with van der Waals surface area (Å²) in [7, 11) is 0. The average molecular weight is 1110 g/mol. The van der Waals surface area contributed by atoms with Crippen LogP contribution in [0.4, 0.5) is 0 Å². The third kappa shape index (κ3) is 15.8. The molecule has 1 aromatic heterocycles. The molecule has 0 spiro atoms. The van der Waals surface area contributed by atoms with Gasteiger partial charge in [0.2, 0.25) is 18.1 Å². The SMILES string of the molecule is CC(=O)OC[C@H]1O[C@H](Oc2ccc(-c3ccc(-c4nnc(C)o4)cc3)cc2)[C@@H](OCc2ccccc2)[C@@H](C[C@H]2O[C@H](COC(C)=O)[C@@H](OCc3ccccc3)[C@@H](OCc3ccccc3)[C@@H]2OCc2ccccc2)[C@@H]1OCc1ccccc1. The second kappa shape index (κ2) is 28.7. The summed E-state index contributed by atoms with van der Waals surface area (Å²) in [4.78, 5) is 25.5. The quantitative estimate of drug-likeness (QED) is 0.0496. The Morgan fingerprint density at radius 1 is 0.415 bits per heavy atom. The van der Waals surface area contributed by atoms with Crippen LogP contribution in [0.15, 0.2) is 205 Å². The molecule has 3 heterocycles. The minimum atomic E-state index is -1.09. The van der Waals surface area contributed by atoms with Gasteiger partial charge in [-0.1, -0.05) is 176 Å². The van der Waals surface area contributed by atoms with E-state index < -0.39 is 73.0 Å². The number of aromatic nitrogens is 2. The fourth-order valence-corrected chi connectivity index (χ4v) is 10.4. The van der Waals surface area contributed by atoms with Crippen molar-refractivity contribution in [3.8, 4) is 28.3 Å². The van der Waals surface area contributed by atoms with Crippen LogP contribution in [0.5, 0.6) is 5.75 Å². The predicted molar refractivity (Wildman–Crippen MR) is 304 cm³/mol. The largest absolute Gasteiger partial charge is 0.463 e. The zero-order valence-corrected chi connectivity index (χ0v) is 46.2. The first-order valence-electron chi connectivity index (χ1n) is 27.7. The number of esters is 2. The molecule has 10 rings (SSSR count). The van der Waals surface area contributed by atoms with Gasteiger partial charge in [-0.05, 0) is 69.6 Å². The Labute approximate surface area is 478 Å². The molecule has 0 aliphatic carbocycles. The van der Waals surface area contributed by atoms with Crippen LogP contribution in [-0.2, 0) is 85.3 Å². The Kier molecular flexibility index (Phi) is 20.1. The molecule has 2 aliphatic rings. The monoisotopic (exact) mass is 1110 g/mol. The molecule has 0 unspecified atom stereocenters. The van der Waals surface area contributed by atoms with Crippen LogP contribution in [0.25, 0.3) is 22.6 Å². The molecule has 10 atom stereocenters. The van der Waals surface area contributed by atoms with Gasteiger partial charge in [-0.2, -0.15) is 0 Å². The van der Waals surface area contributed by atoms with Crippen molar-refractivity contribution in [1.82, 2.24) is 10.2 Å². The molecular weight excluding hydrogens is 1040 g/mol. The number of carbonyl (C=O) groups is 2. The van der Waals surface area contributed by atoms with Crippen molar-refractivity contribution in [3.63, 3.8) is 0 Å². The molecule has 2 saturated heterocycles. The van der Waals surface area contributed by atoms with E-state index in [2.05, 4.69) is 10.2 Å². The standard InChI is InChI=1S/C67H68N2O13/c1-45-68-69-66(79-45)55-31-29-53(30-32-55)54-33-35-56(36-34-54)80-67-62(75-39-49-21-11-5-12-22-49)57(61(59(82-67)43-72-46(2)70)74-38-48-19-9-4-10-20-48)37-58-63(76-40-50-23-13-6-14-24-50)65(78-42-52-27-17-8-18-28-52)64(60(81-58)44-73-47(3)71)77-41-51-25-15-7-16-26-51/h4-36,57-65,67H,37-44H2,1-3H3/t57-,58+,59+,60+,61-,62-,63+,64+,65-,67-/m0/s1. The van der Waals surface area contributed by atoms with E-state index >= 15 is 0 Å². The van der Waals surface area contributed by atoms with Gasteiger partial charge in [0.15, 0.2) is 0 Å². The number of rotatable bonds is 25. The molecule has 424 valence electrons. The van der Waals surface area contributed by atoms with Crippen molar-refractivity contribution in [3.05, 3.63) is 234 Å². The number of nitrogens with zero attached hydrogens (tertiary/aromatic N) is 2. The summed E-state index contributed by atoms with van der Waals surface area (Å²) in [5, 5.41) is 8.14. The van der Waals surface area contributed by atoms with E-state index in [0.717, 1.165) is 44.5 Å². The fourth-order valence-electron chi connectivity index (χ4n) is 10.4. The zero-order valence-electron chi connectivity index (χ0n) is 46.2. The Bertz CT molecular complexity index is 3190. The van der Waals surface area contributed by atoms with Gasteiger partial charge in [0.05, 0.1) is 45.2 Å². The highest BCUT2D eigenvalue weighted by atomic mass is 16.7. The van der Waals surface area contributed by atoms with E-state index in [1.54, 1.807) is 6.92 Å². The Hall–Kier alpha value is -7.86. The van der Waals surface area contributed by atoms with Crippen molar-refractivity contribution < 1.29 is 61.4 Å². The second-order valence-corrected chi connectivity index (χ2v) is 20.4. The maximum absolute atomic E-state index is 12.8. The molecule has 15 heteroatoms. The van der Waals surface area contributed by atoms with Crippen molar-refractivity contribution >= 4 is 11.9 Å². The van der Waals surface area contributed by atoms with Gasteiger partial charge in [0.25, 0.3) is 0 Å². The Balaban J connectivity index is 1.05. The van der Waals surface area contributed by atoms with Crippen LogP contribution in [0.3, 0.4) is 0 Å². The van der Waals surface area contributed by atoms with Crippen molar-refractivity contribution in [2.24, 2.45) is 5.92 Å². The topological polar surface area (TPSA) is 165 Å². The summed E-state index contributed by atoms with van der Waals surface area (Å²) in [6, 6.07) is 65.0. The van der Waals surface area contributed by atoms with Crippen LogP contribution < -0.4 is 4.74 Å². The van der Waals surface area contributed by atoms with Crippen LogP contribution in [-0.4, -0.2) is 90.5 Å². The molecule has 0 bridgehead atoms. The van der Waals surface area contributed by atoms with E-state index in [9.17, 15) is 9.59 Å². The molecule has 0 saturated carbocycles. The zero-order chi connectivity index (χ0) is 56.5. The molecule has 0 N–H and O–H groups in total. The van der Waals surface area contributed by atoms with Crippen molar-refractivity contribution in [2.45, 2.75) is 115 Å². The minimum absolute atomic E-state index is 0.142. The van der Waals surface area contributed by atoms with Gasteiger partial charge in [-0.3, -0.25) is 9.59 Å². The van der Waals surface area contributed by atoms with E-state index in [1.807, 2.05) is 200 Å². The van der Waals surface area contributed by atoms with E-state index in [-0.39, 0.29) is 52.7 Å². The molecule has 8 aromatic rings. The number of hydrogen-bond donors (Lipinski definition) is 0. The lowest BCUT2D eigenvalue weighted by molar-refractivity contribution is -0.304. The normalized spacial score (nSPS) is 22.5. The number of carbonyl (C=O) groups excluding carboxylic acids is 2. The molecule has 7 aromatic carbocycles. The highest BCUT2D eigenvalue weighted by molar-refractivity contribution is 5.68. The van der Waals surface area contributed by atoms with E-state index in [0.29, 0.717) is 17.5 Å². The number of benzene rings is 7. The summed E-state index contributed by atoms with van der Waals surface area (Å²) < 4.78 is 74.0. The van der Waals surface area contributed by atoms with E-state index in [4.69, 9.17) is 51.8 Å². The van der Waals surface area contributed by atoms with Gasteiger partial charge in [-0.25, -0.2) is 0 Å². The van der Waals surface area contributed by atoms with Gasteiger partial charge < -0.3 is 51.8 Å². The summed E-state index contributed by atoms with van der Waals surface area (Å²) >= 11 is 0. The first kappa shape index (κ1) is 57.4. The van der Waals surface area contributed by atoms with Gasteiger partial charge in [-0.15, -0.1) is 10.2 Å². The lowest BCUT2D eigenvalue weighted by Gasteiger charge is -2.50. The molecule has 0 amide bonds. The smallest absolute Gasteiger partial charge is 0.302 e. The minimum Gasteiger partial charge on any atom is -0.463 e. The number of aryl methyl sites for hydroxylation is 1. The highest BCUT2D eigenvalue weighted by Gasteiger charge is 2.54. The van der Waals surface area contributed by atoms with Gasteiger partial charge >= 0.3 is 11.9 Å². The third-order valence-corrected chi connectivity index (χ3v) is 14.4. The third-order valence-electron chi connectivity index (χ3n) is 14.4. The summed E-state index contributed by atoms with van der Waals surface area (Å²) in [5.41, 5.74) is 7.35. The van der Waals surface area contributed by atoms with Gasteiger partial charge in [0, 0.05) is 32.3 Å². The first-order valence-corrected chi connectivity index (χ1v) is 27.7. The van der Waals surface area contributed by atoms with Crippen LogP contribution in [0.2, 0.25) is 0 Å². The van der Waals surface area contributed by atoms with Crippen LogP contribution in [0, 0.1) is 12.8 Å². The fraction of sp³-hybridized carbons (Fsp3) is 0.313. The summed E-state index contributed by atoms with van der Waals surface area (Å²) in [5.74, 6) is -0.163. The molecule has 82 heavy (non-hydrogen) atoms. The van der Waals surface area contributed by atoms with Crippen LogP contribution in [0.1, 0.15) is 54.0 Å². The second-order valence-electron chi connectivity index (χ2n) is 20.4. The van der Waals surface area contributed by atoms with Crippen LogP contribution >= 0.6 is 0 Å². The molecule has 2 fully saturated rings.